The van der Waals surface area contributed by atoms with Crippen LogP contribution in [0.5, 0.6) is 17.5 Å². The molecule has 1 atom stereocenters. The van der Waals surface area contributed by atoms with Gasteiger partial charge >= 0.3 is 6.09 Å². The smallest absolute Gasteiger partial charge is 0.410 e. The molecule has 0 aliphatic carbocycles. The van der Waals surface area contributed by atoms with Crippen molar-refractivity contribution in [1.29, 1.82) is 0 Å². The van der Waals surface area contributed by atoms with Crippen molar-refractivity contribution in [3.63, 3.8) is 0 Å². The number of carbonyl (C=O) groups is 1. The quantitative estimate of drug-likeness (QED) is 0.608. The summed E-state index contributed by atoms with van der Waals surface area (Å²) in [6.45, 7) is 7.20. The van der Waals surface area contributed by atoms with Gasteiger partial charge in [0, 0.05) is 18.9 Å². The zero-order chi connectivity index (χ0) is 21.4. The molecule has 8 heteroatoms. The largest absolute Gasteiger partial charge is 0.490 e. The summed E-state index contributed by atoms with van der Waals surface area (Å²) in [4.78, 5) is 22.6. The van der Waals surface area contributed by atoms with Crippen molar-refractivity contribution in [2.24, 2.45) is 0 Å². The van der Waals surface area contributed by atoms with Crippen LogP contribution in [-0.2, 0) is 4.74 Å². The fourth-order valence-electron chi connectivity index (χ4n) is 3.07. The summed E-state index contributed by atoms with van der Waals surface area (Å²) in [6.07, 6.45) is 4.53. The van der Waals surface area contributed by atoms with Crippen LogP contribution in [0.2, 0.25) is 0 Å². The van der Waals surface area contributed by atoms with Crippen molar-refractivity contribution in [2.45, 2.75) is 45.3 Å². The van der Waals surface area contributed by atoms with Crippen molar-refractivity contribution in [3.05, 3.63) is 42.7 Å². The molecule has 0 radical (unpaired) electrons. The number of amides is 1. The number of benzene rings is 1. The minimum Gasteiger partial charge on any atom is -0.490 e. The Hall–Kier alpha value is -3.03. The third kappa shape index (κ3) is 6.50. The molecule has 8 nitrogen and oxygen atoms in total. The Kier molecular flexibility index (Phi) is 7.32. The average Bonchev–Trinajstić information content (AvgIpc) is 3.19. The van der Waals surface area contributed by atoms with E-state index < -0.39 is 5.60 Å². The molecule has 0 bridgehead atoms. The van der Waals surface area contributed by atoms with E-state index in [1.165, 1.54) is 0 Å². The first-order valence-corrected chi connectivity index (χ1v) is 10.2. The van der Waals surface area contributed by atoms with E-state index in [2.05, 4.69) is 9.97 Å². The summed E-state index contributed by atoms with van der Waals surface area (Å²) in [7, 11) is 0. The van der Waals surface area contributed by atoms with E-state index in [1.54, 1.807) is 17.3 Å². The predicted octanol–water partition coefficient (Wildman–Crippen LogP) is 3.71. The maximum atomic E-state index is 12.4. The highest BCUT2D eigenvalue weighted by atomic mass is 16.6. The van der Waals surface area contributed by atoms with Crippen LogP contribution < -0.4 is 14.2 Å². The number of hydrogen-bond donors (Lipinski definition) is 0. The normalized spacial score (nSPS) is 16.2. The van der Waals surface area contributed by atoms with Crippen molar-refractivity contribution in [1.82, 2.24) is 14.9 Å². The van der Waals surface area contributed by atoms with Gasteiger partial charge in [-0.1, -0.05) is 18.2 Å². The van der Waals surface area contributed by atoms with Crippen LogP contribution in [-0.4, -0.2) is 59.0 Å². The third-order valence-corrected chi connectivity index (χ3v) is 4.38. The van der Waals surface area contributed by atoms with E-state index in [0.717, 1.165) is 18.6 Å². The highest BCUT2D eigenvalue weighted by Crippen LogP contribution is 2.24. The lowest BCUT2D eigenvalue weighted by Gasteiger charge is -2.28. The Balaban J connectivity index is 1.50. The molecule has 3 rings (SSSR count). The van der Waals surface area contributed by atoms with Crippen molar-refractivity contribution in [2.75, 3.05) is 26.4 Å². The average molecular weight is 415 g/mol. The number of aromatic nitrogens is 2. The molecular formula is C22H29N3O5. The van der Waals surface area contributed by atoms with Gasteiger partial charge in [-0.25, -0.2) is 14.8 Å². The van der Waals surface area contributed by atoms with E-state index in [9.17, 15) is 4.79 Å². The van der Waals surface area contributed by atoms with Crippen LogP contribution in [0, 0.1) is 0 Å². The lowest BCUT2D eigenvalue weighted by atomic mass is 10.2. The highest BCUT2D eigenvalue weighted by Gasteiger charge is 2.32. The lowest BCUT2D eigenvalue weighted by molar-refractivity contribution is 0.0184. The van der Waals surface area contributed by atoms with Gasteiger partial charge in [0.15, 0.2) is 0 Å². The number of rotatable bonds is 8. The Morgan fingerprint density at radius 2 is 1.70 bits per heavy atom. The molecule has 0 spiro atoms. The summed E-state index contributed by atoms with van der Waals surface area (Å²) in [5.41, 5.74) is -0.529. The second kappa shape index (κ2) is 10.1. The predicted molar refractivity (Wildman–Crippen MR) is 111 cm³/mol. The molecule has 2 heterocycles. The summed E-state index contributed by atoms with van der Waals surface area (Å²) in [6, 6.07) is 9.45. The van der Waals surface area contributed by atoms with Crippen LogP contribution >= 0.6 is 0 Å². The molecule has 0 unspecified atom stereocenters. The van der Waals surface area contributed by atoms with Gasteiger partial charge in [-0.3, -0.25) is 0 Å². The van der Waals surface area contributed by atoms with Crippen molar-refractivity contribution < 1.29 is 23.7 Å². The summed E-state index contributed by atoms with van der Waals surface area (Å²) >= 11 is 0. The summed E-state index contributed by atoms with van der Waals surface area (Å²) in [5.74, 6) is 1.38. The van der Waals surface area contributed by atoms with Gasteiger partial charge in [0.25, 0.3) is 11.8 Å². The monoisotopic (exact) mass is 415 g/mol. The van der Waals surface area contributed by atoms with E-state index in [-0.39, 0.29) is 12.1 Å². The molecule has 30 heavy (non-hydrogen) atoms. The number of nitrogens with zero attached hydrogens (tertiary/aromatic N) is 3. The number of hydrogen-bond acceptors (Lipinski definition) is 7. The summed E-state index contributed by atoms with van der Waals surface area (Å²) in [5, 5.41) is 0. The summed E-state index contributed by atoms with van der Waals surface area (Å²) < 4.78 is 22.7. The zero-order valence-electron chi connectivity index (χ0n) is 17.7. The maximum absolute atomic E-state index is 12.4. The number of ether oxygens (including phenoxy) is 4. The van der Waals surface area contributed by atoms with Gasteiger partial charge in [-0.15, -0.1) is 0 Å². The SMILES string of the molecule is CC(C)(C)OC(=O)N1CCC[C@H]1COc1nccnc1OCCOc1ccccc1. The number of para-hydroxylation sites is 1. The maximum Gasteiger partial charge on any atom is 0.410 e. The van der Waals surface area contributed by atoms with Gasteiger partial charge < -0.3 is 23.8 Å². The molecule has 1 aliphatic rings. The lowest BCUT2D eigenvalue weighted by Crippen LogP contribution is -2.42. The minimum absolute atomic E-state index is 0.0730. The topological polar surface area (TPSA) is 83.0 Å². The number of likely N-dealkylation sites (tertiary alicyclic amines) is 1. The molecule has 0 saturated carbocycles. The minimum atomic E-state index is -0.529. The van der Waals surface area contributed by atoms with Crippen molar-refractivity contribution >= 4 is 6.09 Å². The zero-order valence-corrected chi connectivity index (χ0v) is 17.7. The van der Waals surface area contributed by atoms with Crippen LogP contribution in [0.25, 0.3) is 0 Å². The van der Waals surface area contributed by atoms with Gasteiger partial charge in [-0.05, 0) is 45.7 Å². The van der Waals surface area contributed by atoms with Crippen LogP contribution in [0.15, 0.2) is 42.7 Å². The Labute approximate surface area is 177 Å². The molecule has 1 aromatic carbocycles. The van der Waals surface area contributed by atoms with Gasteiger partial charge in [-0.2, -0.15) is 0 Å². The molecular weight excluding hydrogens is 386 g/mol. The van der Waals surface area contributed by atoms with E-state index in [0.29, 0.717) is 38.1 Å². The molecule has 2 aromatic rings. The fraction of sp³-hybridized carbons (Fsp3) is 0.500. The third-order valence-electron chi connectivity index (χ3n) is 4.38. The van der Waals surface area contributed by atoms with E-state index in [4.69, 9.17) is 18.9 Å². The Morgan fingerprint density at radius 3 is 2.40 bits per heavy atom. The standard InChI is InChI=1S/C22H29N3O5/c1-22(2,3)30-21(26)25-13-7-8-17(25)16-29-20-19(23-11-12-24-20)28-15-14-27-18-9-5-4-6-10-18/h4-6,9-12,17H,7-8,13-16H2,1-3H3/t17-/m0/s1. The van der Waals surface area contributed by atoms with Crippen LogP contribution in [0.1, 0.15) is 33.6 Å². The van der Waals surface area contributed by atoms with Gasteiger partial charge in [0.2, 0.25) is 0 Å². The molecule has 0 N–H and O–H groups in total. The van der Waals surface area contributed by atoms with Crippen molar-refractivity contribution in [3.8, 4) is 17.5 Å². The first kappa shape index (κ1) is 21.7. The Morgan fingerprint density at radius 1 is 1.03 bits per heavy atom. The molecule has 1 saturated heterocycles. The van der Waals surface area contributed by atoms with Crippen LogP contribution in [0.4, 0.5) is 4.79 Å². The van der Waals surface area contributed by atoms with E-state index in [1.807, 2.05) is 51.1 Å². The number of carbonyl (C=O) groups excluding carboxylic acids is 1. The Bertz CT molecular complexity index is 810. The molecule has 1 aliphatic heterocycles. The van der Waals surface area contributed by atoms with Crippen LogP contribution in [0.3, 0.4) is 0 Å². The molecule has 1 aromatic heterocycles. The first-order chi connectivity index (χ1) is 14.4. The molecule has 1 fully saturated rings. The fourth-order valence-corrected chi connectivity index (χ4v) is 3.07. The van der Waals surface area contributed by atoms with Gasteiger partial charge in [0.1, 0.15) is 31.2 Å². The van der Waals surface area contributed by atoms with Gasteiger partial charge in [0.05, 0.1) is 6.04 Å². The molecule has 1 amide bonds. The highest BCUT2D eigenvalue weighted by molar-refractivity contribution is 5.69. The van der Waals surface area contributed by atoms with E-state index >= 15 is 0 Å². The first-order valence-electron chi connectivity index (χ1n) is 10.2. The molecule has 162 valence electrons. The second-order valence-corrected chi connectivity index (χ2v) is 7.96. The second-order valence-electron chi connectivity index (χ2n) is 7.96.